The lowest BCUT2D eigenvalue weighted by molar-refractivity contribution is 0.414. The van der Waals surface area contributed by atoms with Gasteiger partial charge in [0, 0.05) is 0 Å². The highest BCUT2D eigenvalue weighted by molar-refractivity contribution is 6.16. The van der Waals surface area contributed by atoms with Gasteiger partial charge in [-0.1, -0.05) is 212 Å². The largest absolute Gasteiger partial charge is 0.497 e. The highest BCUT2D eigenvalue weighted by atomic mass is 16.5. The molecule has 0 bridgehead atoms. The van der Waals surface area contributed by atoms with Crippen LogP contribution in [0.2, 0.25) is 0 Å². The average molecular weight is 1250 g/mol. The molecule has 0 fully saturated rings. The second-order valence-corrected chi connectivity index (χ2v) is 23.6. The average Bonchev–Trinajstić information content (AvgIpc) is 0.717. The van der Waals surface area contributed by atoms with Crippen LogP contribution in [-0.2, 0) is 0 Å². The summed E-state index contributed by atoms with van der Waals surface area (Å²) in [5.41, 5.74) is 27.2. The normalized spacial score (nSPS) is 11.0. The van der Waals surface area contributed by atoms with Crippen molar-refractivity contribution in [2.75, 3.05) is 42.7 Å². The number of hydrogen-bond acceptors (Lipinski definition) is 6. The van der Waals surface area contributed by atoms with Crippen molar-refractivity contribution >= 4 is 0 Å². The van der Waals surface area contributed by atoms with Crippen LogP contribution in [0.4, 0.5) is 0 Å². The molecule has 0 saturated carbocycles. The molecule has 0 aliphatic rings. The summed E-state index contributed by atoms with van der Waals surface area (Å²) in [6.07, 6.45) is 0. The maximum Gasteiger partial charge on any atom is 0.118 e. The molecule has 0 radical (unpaired) electrons. The van der Waals surface area contributed by atoms with E-state index < -0.39 is 0 Å². The van der Waals surface area contributed by atoms with E-state index in [0.29, 0.717) is 0 Å². The van der Waals surface area contributed by atoms with Gasteiger partial charge in [-0.05, 0) is 248 Å². The van der Waals surface area contributed by atoms with Crippen LogP contribution in [0.25, 0.3) is 145 Å². The van der Waals surface area contributed by atoms with Crippen LogP contribution in [0.3, 0.4) is 0 Å². The van der Waals surface area contributed by atoms with Gasteiger partial charge in [-0.2, -0.15) is 0 Å². The lowest BCUT2D eigenvalue weighted by Crippen LogP contribution is -2.03. The standard InChI is InChI=1S/C90H70O6/c1-91-74-42-30-59(31-43-74)69-28-19-29-70(54-69)89-85(63-24-15-9-16-25-63)87(67-38-50-78(95-5)51-39-67)88(68-40-52-79(96-6)53-41-68)86(64-26-17-10-18-27-64)90(89)73-56-71(60-32-44-75(92-2)45-33-60)55-72(57-73)81-58-80(61-20-11-7-12-21-61)83(65-34-46-76(93-3)47-35-65)84(66-36-48-77(94-4)49-37-66)82(81)62-22-13-8-14-23-62/h7-58H,1-6H3. The fourth-order valence-electron chi connectivity index (χ4n) is 13.5. The first-order valence-corrected chi connectivity index (χ1v) is 32.1. The Hall–Kier alpha value is -12.1. The van der Waals surface area contributed by atoms with E-state index in [0.717, 1.165) is 179 Å². The van der Waals surface area contributed by atoms with Crippen molar-refractivity contribution in [2.45, 2.75) is 0 Å². The lowest BCUT2D eigenvalue weighted by Gasteiger charge is -2.30. The molecule has 0 unspecified atom stereocenters. The Labute approximate surface area is 562 Å². The molecule has 466 valence electrons. The van der Waals surface area contributed by atoms with Crippen LogP contribution >= 0.6 is 0 Å². The van der Waals surface area contributed by atoms with Crippen molar-refractivity contribution in [2.24, 2.45) is 0 Å². The van der Waals surface area contributed by atoms with Crippen molar-refractivity contribution < 1.29 is 28.4 Å². The van der Waals surface area contributed by atoms with Gasteiger partial charge < -0.3 is 28.4 Å². The van der Waals surface area contributed by atoms with Gasteiger partial charge in [-0.25, -0.2) is 0 Å². The molecule has 6 nitrogen and oxygen atoms in total. The maximum atomic E-state index is 5.94. The molecule has 14 aromatic rings. The zero-order valence-corrected chi connectivity index (χ0v) is 54.5. The summed E-state index contributed by atoms with van der Waals surface area (Å²) >= 11 is 0. The van der Waals surface area contributed by atoms with E-state index in [1.807, 2.05) is 12.1 Å². The Morgan fingerprint density at radius 2 is 0.354 bits per heavy atom. The smallest absolute Gasteiger partial charge is 0.118 e. The summed E-state index contributed by atoms with van der Waals surface area (Å²) in [6, 6.07) is 113. The summed E-state index contributed by atoms with van der Waals surface area (Å²) in [7, 11) is 10.3. The van der Waals surface area contributed by atoms with Crippen LogP contribution < -0.4 is 28.4 Å². The van der Waals surface area contributed by atoms with Crippen LogP contribution in [0.15, 0.2) is 315 Å². The van der Waals surface area contributed by atoms with Crippen LogP contribution in [0, 0.1) is 0 Å². The molecule has 0 aromatic heterocycles. The number of methoxy groups -OCH3 is 6. The number of hydrogen-bond donors (Lipinski definition) is 0. The summed E-state index contributed by atoms with van der Waals surface area (Å²) < 4.78 is 35.1. The Morgan fingerprint density at radius 3 is 0.719 bits per heavy atom. The zero-order chi connectivity index (χ0) is 65.5. The van der Waals surface area contributed by atoms with Gasteiger partial charge in [0.05, 0.1) is 42.7 Å². The predicted octanol–water partition coefficient (Wildman–Crippen LogP) is 23.4. The molecule has 0 saturated heterocycles. The van der Waals surface area contributed by atoms with Crippen molar-refractivity contribution in [1.29, 1.82) is 0 Å². The molecule has 0 heterocycles. The maximum absolute atomic E-state index is 5.94. The van der Waals surface area contributed by atoms with E-state index in [9.17, 15) is 0 Å². The second kappa shape index (κ2) is 27.6. The zero-order valence-electron chi connectivity index (χ0n) is 54.5. The van der Waals surface area contributed by atoms with Gasteiger partial charge in [0.2, 0.25) is 0 Å². The highest BCUT2D eigenvalue weighted by Crippen LogP contribution is 2.58. The molecule has 0 atom stereocenters. The molecule has 0 spiro atoms. The molecule has 0 aliphatic carbocycles. The van der Waals surface area contributed by atoms with Gasteiger partial charge in [-0.15, -0.1) is 0 Å². The Balaban J connectivity index is 1.22. The van der Waals surface area contributed by atoms with Crippen molar-refractivity contribution in [3.05, 3.63) is 315 Å². The Bertz CT molecular complexity index is 5010. The minimum absolute atomic E-state index is 0.759. The first-order valence-electron chi connectivity index (χ1n) is 32.1. The molecule has 6 heteroatoms. The molecular formula is C90H70O6. The minimum atomic E-state index is 0.759. The molecule has 0 amide bonds. The minimum Gasteiger partial charge on any atom is -0.497 e. The number of benzene rings is 14. The second-order valence-electron chi connectivity index (χ2n) is 23.6. The van der Waals surface area contributed by atoms with E-state index in [2.05, 4.69) is 303 Å². The van der Waals surface area contributed by atoms with Gasteiger partial charge >= 0.3 is 0 Å². The van der Waals surface area contributed by atoms with E-state index in [4.69, 9.17) is 28.4 Å². The topological polar surface area (TPSA) is 55.4 Å². The molecule has 0 aliphatic heterocycles. The summed E-state index contributed by atoms with van der Waals surface area (Å²) in [5, 5.41) is 0. The fourth-order valence-corrected chi connectivity index (χ4v) is 13.5. The Kier molecular flexibility index (Phi) is 17.7. The van der Waals surface area contributed by atoms with Crippen molar-refractivity contribution in [3.8, 4) is 179 Å². The van der Waals surface area contributed by atoms with Crippen molar-refractivity contribution in [3.63, 3.8) is 0 Å². The molecule has 14 aromatic carbocycles. The van der Waals surface area contributed by atoms with Gasteiger partial charge in [0.25, 0.3) is 0 Å². The first kappa shape index (κ1) is 61.4. The van der Waals surface area contributed by atoms with E-state index in [1.165, 1.54) is 0 Å². The monoisotopic (exact) mass is 1250 g/mol. The van der Waals surface area contributed by atoms with Crippen LogP contribution in [0.5, 0.6) is 34.5 Å². The summed E-state index contributed by atoms with van der Waals surface area (Å²) in [6.45, 7) is 0. The van der Waals surface area contributed by atoms with Gasteiger partial charge in [0.1, 0.15) is 34.5 Å². The molecule has 96 heavy (non-hydrogen) atoms. The van der Waals surface area contributed by atoms with Gasteiger partial charge in [0.15, 0.2) is 0 Å². The number of rotatable bonds is 19. The summed E-state index contributed by atoms with van der Waals surface area (Å²) in [4.78, 5) is 0. The number of ether oxygens (including phenoxy) is 6. The summed E-state index contributed by atoms with van der Waals surface area (Å²) in [5.74, 6) is 4.62. The third-order valence-corrected chi connectivity index (χ3v) is 18.1. The van der Waals surface area contributed by atoms with Gasteiger partial charge in [-0.3, -0.25) is 0 Å². The van der Waals surface area contributed by atoms with Crippen LogP contribution in [0.1, 0.15) is 0 Å². The lowest BCUT2D eigenvalue weighted by atomic mass is 9.73. The Morgan fingerprint density at radius 1 is 0.135 bits per heavy atom. The molecule has 14 rings (SSSR count). The SMILES string of the molecule is COc1ccc(-c2cccc(-c3c(-c4ccccc4)c(-c4ccc(OC)cc4)c(-c4ccc(OC)cc4)c(-c4ccccc4)c3-c3cc(-c4ccc(OC)cc4)cc(-c4cc(-c5ccccc5)c(-c5ccc(OC)cc5)c(-c5ccc(OC)cc5)c4-c4ccccc4)c3)c2)cc1. The highest BCUT2D eigenvalue weighted by Gasteiger charge is 2.32. The third kappa shape index (κ3) is 12.2. The van der Waals surface area contributed by atoms with Crippen molar-refractivity contribution in [1.82, 2.24) is 0 Å². The quantitative estimate of drug-likeness (QED) is 0.0804. The first-order chi connectivity index (χ1) is 47.3. The fraction of sp³-hybridized carbons (Fsp3) is 0.0667. The van der Waals surface area contributed by atoms with E-state index >= 15 is 0 Å². The molecular weight excluding hydrogens is 1180 g/mol. The predicted molar refractivity (Wildman–Crippen MR) is 396 cm³/mol. The van der Waals surface area contributed by atoms with E-state index in [1.54, 1.807) is 42.7 Å². The van der Waals surface area contributed by atoms with Crippen LogP contribution in [-0.4, -0.2) is 42.7 Å². The third-order valence-electron chi connectivity index (χ3n) is 18.1. The van der Waals surface area contributed by atoms with E-state index in [-0.39, 0.29) is 0 Å². The molecule has 0 N–H and O–H groups in total.